The highest BCUT2D eigenvalue weighted by Crippen LogP contribution is 2.52. The Morgan fingerprint density at radius 2 is 1.81 bits per heavy atom. The van der Waals surface area contributed by atoms with Crippen LogP contribution in [0.15, 0.2) is 12.2 Å². The summed E-state index contributed by atoms with van der Waals surface area (Å²) >= 11 is 0. The number of amides is 2. The lowest BCUT2D eigenvalue weighted by Gasteiger charge is -2.37. The van der Waals surface area contributed by atoms with Crippen LogP contribution in [0.4, 0.5) is 4.79 Å². The molecule has 0 radical (unpaired) electrons. The van der Waals surface area contributed by atoms with Crippen molar-refractivity contribution >= 4 is 18.0 Å². The van der Waals surface area contributed by atoms with Gasteiger partial charge >= 0.3 is 6.16 Å². The minimum Gasteiger partial charge on any atom is -0.429 e. The Kier molecular flexibility index (Phi) is 3.47. The van der Waals surface area contributed by atoms with Gasteiger partial charge in [-0.05, 0) is 33.1 Å². The molecule has 0 spiro atoms. The van der Waals surface area contributed by atoms with Crippen molar-refractivity contribution in [1.29, 1.82) is 0 Å². The van der Waals surface area contributed by atoms with Gasteiger partial charge in [-0.1, -0.05) is 12.2 Å². The monoisotopic (exact) mass is 296 g/mol. The maximum absolute atomic E-state index is 12.0. The van der Waals surface area contributed by atoms with Crippen LogP contribution < -0.4 is 11.5 Å². The molecule has 0 aromatic carbocycles. The van der Waals surface area contributed by atoms with Crippen LogP contribution in [0, 0.1) is 17.8 Å². The Labute approximate surface area is 122 Å². The van der Waals surface area contributed by atoms with Crippen molar-refractivity contribution in [2.24, 2.45) is 29.2 Å². The standard InChI is InChI=1S/C14H20N2O5/c1-13(2,3)20-12(19)21-14(11(16)18)8-5-4-7(6-8)9(14)10(15)17/h4-5,7-9H,6H2,1-3H3,(H2,15,17)(H2,16,18). The van der Waals surface area contributed by atoms with Crippen LogP contribution in [0.1, 0.15) is 27.2 Å². The first kappa shape index (κ1) is 15.3. The lowest BCUT2D eigenvalue weighted by Crippen LogP contribution is -2.59. The molecule has 0 aromatic rings. The molecule has 1 saturated carbocycles. The second-order valence-corrected chi connectivity index (χ2v) is 6.49. The minimum atomic E-state index is -1.76. The van der Waals surface area contributed by atoms with E-state index in [0.717, 1.165) is 0 Å². The van der Waals surface area contributed by atoms with Crippen molar-refractivity contribution in [3.8, 4) is 0 Å². The Balaban J connectivity index is 2.33. The van der Waals surface area contributed by atoms with E-state index in [2.05, 4.69) is 0 Å². The molecule has 0 saturated heterocycles. The smallest absolute Gasteiger partial charge is 0.429 e. The molecule has 2 bridgehead atoms. The van der Waals surface area contributed by atoms with Crippen LogP contribution in [0.25, 0.3) is 0 Å². The summed E-state index contributed by atoms with van der Waals surface area (Å²) in [5.74, 6) is -3.26. The van der Waals surface area contributed by atoms with Crippen molar-refractivity contribution in [2.75, 3.05) is 0 Å². The Morgan fingerprint density at radius 1 is 1.19 bits per heavy atom. The molecule has 2 rings (SSSR count). The molecule has 2 amide bonds. The fourth-order valence-electron chi connectivity index (χ4n) is 3.20. The number of hydrogen-bond acceptors (Lipinski definition) is 5. The first-order valence-corrected chi connectivity index (χ1v) is 6.77. The molecule has 2 aliphatic carbocycles. The lowest BCUT2D eigenvalue weighted by molar-refractivity contribution is -0.157. The number of nitrogens with two attached hydrogens (primary N) is 2. The van der Waals surface area contributed by atoms with Crippen LogP contribution in [0.3, 0.4) is 0 Å². The molecule has 1 fully saturated rings. The van der Waals surface area contributed by atoms with E-state index < -0.39 is 41.0 Å². The maximum Gasteiger partial charge on any atom is 0.509 e. The number of carbonyl (C=O) groups is 3. The van der Waals surface area contributed by atoms with E-state index in [9.17, 15) is 14.4 Å². The first-order valence-electron chi connectivity index (χ1n) is 6.77. The normalized spacial score (nSPS) is 33.8. The Morgan fingerprint density at radius 3 is 2.29 bits per heavy atom. The van der Waals surface area contributed by atoms with E-state index in [-0.39, 0.29) is 5.92 Å². The van der Waals surface area contributed by atoms with Gasteiger partial charge in [-0.15, -0.1) is 0 Å². The molecule has 0 aliphatic heterocycles. The van der Waals surface area contributed by atoms with Crippen molar-refractivity contribution in [2.45, 2.75) is 38.4 Å². The second kappa shape index (κ2) is 4.75. The number of hydrogen-bond donors (Lipinski definition) is 2. The van der Waals surface area contributed by atoms with Crippen molar-refractivity contribution in [3.63, 3.8) is 0 Å². The molecule has 4 unspecified atom stereocenters. The van der Waals surface area contributed by atoms with Crippen LogP contribution in [-0.4, -0.2) is 29.2 Å². The van der Waals surface area contributed by atoms with Gasteiger partial charge in [-0.25, -0.2) is 4.79 Å². The number of ether oxygens (including phenoxy) is 2. The molecule has 2 aliphatic rings. The van der Waals surface area contributed by atoms with E-state index in [4.69, 9.17) is 20.9 Å². The van der Waals surface area contributed by atoms with E-state index in [0.29, 0.717) is 6.42 Å². The van der Waals surface area contributed by atoms with Crippen molar-refractivity contribution in [1.82, 2.24) is 0 Å². The van der Waals surface area contributed by atoms with Gasteiger partial charge in [0.2, 0.25) is 11.5 Å². The van der Waals surface area contributed by atoms with E-state index >= 15 is 0 Å². The molecule has 116 valence electrons. The van der Waals surface area contributed by atoms with Crippen molar-refractivity contribution in [3.05, 3.63) is 12.2 Å². The zero-order chi connectivity index (χ0) is 16.0. The summed E-state index contributed by atoms with van der Waals surface area (Å²) < 4.78 is 10.3. The number of carbonyl (C=O) groups excluding carboxylic acids is 3. The van der Waals surface area contributed by atoms with Gasteiger partial charge in [-0.2, -0.15) is 0 Å². The molecule has 0 aromatic heterocycles. The zero-order valence-electron chi connectivity index (χ0n) is 12.3. The van der Waals surface area contributed by atoms with Crippen LogP contribution >= 0.6 is 0 Å². The molecule has 21 heavy (non-hydrogen) atoms. The number of allylic oxidation sites excluding steroid dienone is 1. The van der Waals surface area contributed by atoms with Gasteiger partial charge in [-0.3, -0.25) is 9.59 Å². The largest absolute Gasteiger partial charge is 0.509 e. The molecule has 4 N–H and O–H groups in total. The third-order valence-corrected chi connectivity index (χ3v) is 3.89. The topological polar surface area (TPSA) is 122 Å². The van der Waals surface area contributed by atoms with Gasteiger partial charge in [0.05, 0.1) is 5.92 Å². The summed E-state index contributed by atoms with van der Waals surface area (Å²) in [4.78, 5) is 35.6. The van der Waals surface area contributed by atoms with Crippen LogP contribution in [0.5, 0.6) is 0 Å². The summed E-state index contributed by atoms with van der Waals surface area (Å²) in [7, 11) is 0. The second-order valence-electron chi connectivity index (χ2n) is 6.49. The molecule has 7 nitrogen and oxygen atoms in total. The van der Waals surface area contributed by atoms with Crippen LogP contribution in [-0.2, 0) is 19.1 Å². The maximum atomic E-state index is 12.0. The fraction of sp³-hybridized carbons (Fsp3) is 0.643. The zero-order valence-corrected chi connectivity index (χ0v) is 12.3. The van der Waals surface area contributed by atoms with E-state index in [1.165, 1.54) is 0 Å². The predicted molar refractivity (Wildman–Crippen MR) is 72.7 cm³/mol. The SMILES string of the molecule is CC(C)(C)OC(=O)OC1(C(N)=O)C2C=CC(C2)C1C(N)=O. The highest BCUT2D eigenvalue weighted by Gasteiger charge is 2.65. The molecule has 7 heteroatoms. The van der Waals surface area contributed by atoms with E-state index in [1.807, 2.05) is 0 Å². The number of rotatable bonds is 3. The van der Waals surface area contributed by atoms with Crippen molar-refractivity contribution < 1.29 is 23.9 Å². The lowest BCUT2D eigenvalue weighted by atomic mass is 9.77. The van der Waals surface area contributed by atoms with Gasteiger partial charge < -0.3 is 20.9 Å². The first-order chi connectivity index (χ1) is 9.58. The predicted octanol–water partition coefficient (Wildman–Crippen LogP) is 0.470. The van der Waals surface area contributed by atoms with Gasteiger partial charge in [0.25, 0.3) is 5.91 Å². The highest BCUT2D eigenvalue weighted by molar-refractivity contribution is 5.95. The van der Waals surface area contributed by atoms with Gasteiger partial charge in [0.15, 0.2) is 0 Å². The van der Waals surface area contributed by atoms with Gasteiger partial charge in [0.1, 0.15) is 5.60 Å². The quantitative estimate of drug-likeness (QED) is 0.579. The third kappa shape index (κ3) is 2.48. The molecule has 4 atom stereocenters. The highest BCUT2D eigenvalue weighted by atomic mass is 16.7. The fourth-order valence-corrected chi connectivity index (χ4v) is 3.20. The molecular formula is C14H20N2O5. The Hall–Kier alpha value is -2.05. The summed E-state index contributed by atoms with van der Waals surface area (Å²) in [6.45, 7) is 4.99. The average molecular weight is 296 g/mol. The van der Waals surface area contributed by atoms with Crippen LogP contribution in [0.2, 0.25) is 0 Å². The summed E-state index contributed by atoms with van der Waals surface area (Å²) in [5.41, 5.74) is 8.29. The minimum absolute atomic E-state index is 0.248. The Bertz CT molecular complexity index is 522. The number of primary amides is 2. The summed E-state index contributed by atoms with van der Waals surface area (Å²) in [5, 5.41) is 0. The average Bonchev–Trinajstić information content (AvgIpc) is 2.84. The molecular weight excluding hydrogens is 276 g/mol. The van der Waals surface area contributed by atoms with Gasteiger partial charge in [0, 0.05) is 5.92 Å². The summed E-state index contributed by atoms with van der Waals surface area (Å²) in [6, 6.07) is 0. The number of fused-ring (bicyclic) bond motifs is 2. The molecule has 0 heterocycles. The van der Waals surface area contributed by atoms with E-state index in [1.54, 1.807) is 32.9 Å². The third-order valence-electron chi connectivity index (χ3n) is 3.89. The summed E-state index contributed by atoms with van der Waals surface area (Å²) in [6.07, 6.45) is 3.01.